The maximum Gasteiger partial charge on any atom is 0.631 e. The van der Waals surface area contributed by atoms with Crippen molar-refractivity contribution in [2.24, 2.45) is 0 Å². The Morgan fingerprint density at radius 3 is 1.44 bits per heavy atom. The van der Waals surface area contributed by atoms with Gasteiger partial charge in [0.2, 0.25) is 0 Å². The van der Waals surface area contributed by atoms with Gasteiger partial charge in [0.05, 0.1) is 0 Å². The first-order valence-corrected chi connectivity index (χ1v) is 2.25. The molecule has 3 N–H and O–H groups in total. The number of nitrogens with zero attached hydrogens (tertiary/aromatic N) is 1. The molecule has 0 fully saturated rings. The summed E-state index contributed by atoms with van der Waals surface area (Å²) in [6.45, 7) is -0.361. The van der Waals surface area contributed by atoms with Crippen LogP contribution in [0.5, 0.6) is 0 Å². The van der Waals surface area contributed by atoms with Crippen molar-refractivity contribution in [2.75, 3.05) is 20.9 Å². The van der Waals surface area contributed by atoms with Crippen LogP contribution in [0.1, 0.15) is 0 Å². The Bertz CT molecular complexity index is 51.6. The second-order valence-corrected chi connectivity index (χ2v) is 1.55. The lowest BCUT2D eigenvalue weighted by Crippen LogP contribution is -2.07. The fourth-order valence-electron chi connectivity index (χ4n) is 0. The second kappa shape index (κ2) is 7.83. The lowest BCUT2D eigenvalue weighted by atomic mass is 10.3. The first kappa shape index (κ1) is 11.6. The molecule has 0 aromatic carbocycles. The maximum atomic E-state index is 11.0. The van der Waals surface area contributed by atoms with Crippen molar-refractivity contribution in [1.29, 1.82) is 0 Å². The molecule has 0 aromatic heterocycles. The predicted molar refractivity (Wildman–Crippen MR) is 32.1 cm³/mol. The Balaban J connectivity index is 0. The zero-order chi connectivity index (χ0) is 7.86. The van der Waals surface area contributed by atoms with Gasteiger partial charge >= 0.3 is 7.32 Å². The van der Waals surface area contributed by atoms with E-state index in [-0.39, 0.29) is 6.80 Å². The van der Waals surface area contributed by atoms with Crippen LogP contribution < -0.4 is 0 Å². The quantitative estimate of drug-likeness (QED) is 0.303. The molecule has 9 heavy (non-hydrogen) atoms. The summed E-state index contributed by atoms with van der Waals surface area (Å²) >= 11 is 0. The minimum atomic E-state index is -2.17. The van der Waals surface area contributed by atoms with E-state index in [9.17, 15) is 4.39 Å². The Morgan fingerprint density at radius 2 is 1.44 bits per heavy atom. The summed E-state index contributed by atoms with van der Waals surface area (Å²) in [5.74, 6) is 0. The van der Waals surface area contributed by atoms with Crippen molar-refractivity contribution >= 4 is 7.32 Å². The van der Waals surface area contributed by atoms with E-state index in [1.165, 1.54) is 4.90 Å². The molecule has 0 aromatic rings. The molecule has 56 valence electrons. The molecule has 4 nitrogen and oxygen atoms in total. The summed E-state index contributed by atoms with van der Waals surface area (Å²) in [4.78, 5) is 1.46. The van der Waals surface area contributed by atoms with E-state index in [1.54, 1.807) is 14.1 Å². The fraction of sp³-hybridized carbons (Fsp3) is 1.00. The van der Waals surface area contributed by atoms with Gasteiger partial charge in [0.15, 0.2) is 0 Å². The molecule has 0 rings (SSSR count). The first-order chi connectivity index (χ1) is 4.00. The first-order valence-electron chi connectivity index (χ1n) is 2.25. The average molecular weight is 139 g/mol. The van der Waals surface area contributed by atoms with Crippen molar-refractivity contribution in [1.82, 2.24) is 4.90 Å². The summed E-state index contributed by atoms with van der Waals surface area (Å²) in [5, 5.41) is 21.5. The molecule has 0 unspecified atom stereocenters. The van der Waals surface area contributed by atoms with Crippen LogP contribution in [0.15, 0.2) is 0 Å². The van der Waals surface area contributed by atoms with E-state index in [0.717, 1.165) is 0 Å². The second-order valence-electron chi connectivity index (χ2n) is 1.55. The summed E-state index contributed by atoms with van der Waals surface area (Å²) < 4.78 is 11.0. The zero-order valence-electron chi connectivity index (χ0n) is 5.45. The molecule has 0 atom stereocenters. The van der Waals surface area contributed by atoms with Crippen LogP contribution in [0.2, 0.25) is 0 Å². The van der Waals surface area contributed by atoms with Gasteiger partial charge in [0.1, 0.15) is 6.80 Å². The van der Waals surface area contributed by atoms with Gasteiger partial charge in [-0.1, -0.05) is 0 Å². The van der Waals surface area contributed by atoms with E-state index in [1.807, 2.05) is 0 Å². The highest BCUT2D eigenvalue weighted by atomic mass is 19.1. The molecule has 0 heterocycles. The summed E-state index contributed by atoms with van der Waals surface area (Å²) in [5.41, 5.74) is 0. The van der Waals surface area contributed by atoms with Crippen LogP contribution in [0.25, 0.3) is 0 Å². The smallest absolute Gasteiger partial charge is 0.402 e. The van der Waals surface area contributed by atoms with Crippen LogP contribution in [-0.4, -0.2) is 48.2 Å². The van der Waals surface area contributed by atoms with E-state index < -0.39 is 7.32 Å². The molecule has 0 aliphatic heterocycles. The molecule has 0 saturated carbocycles. The van der Waals surface area contributed by atoms with Gasteiger partial charge in [0.25, 0.3) is 0 Å². The van der Waals surface area contributed by atoms with Crippen LogP contribution in [0.4, 0.5) is 4.39 Å². The van der Waals surface area contributed by atoms with Crippen molar-refractivity contribution in [2.45, 2.75) is 0 Å². The minimum Gasteiger partial charge on any atom is -0.402 e. The summed E-state index contributed by atoms with van der Waals surface area (Å²) in [6, 6.07) is 0. The third-order valence-corrected chi connectivity index (χ3v) is 0.239. The van der Waals surface area contributed by atoms with Gasteiger partial charge in [-0.3, -0.25) is 4.90 Å². The molecule has 0 spiro atoms. The molecule has 0 aliphatic carbocycles. The van der Waals surface area contributed by atoms with Gasteiger partial charge < -0.3 is 15.1 Å². The lowest BCUT2D eigenvalue weighted by molar-refractivity contribution is 0.266. The topological polar surface area (TPSA) is 63.9 Å². The fourth-order valence-corrected chi connectivity index (χ4v) is 0. The number of alkyl halides is 1. The van der Waals surface area contributed by atoms with Crippen LogP contribution in [0.3, 0.4) is 0 Å². The number of hydrogen-bond acceptors (Lipinski definition) is 4. The van der Waals surface area contributed by atoms with Gasteiger partial charge in [-0.15, -0.1) is 0 Å². The molecule has 0 amide bonds. The summed E-state index contributed by atoms with van der Waals surface area (Å²) in [7, 11) is 1.19. The zero-order valence-corrected chi connectivity index (χ0v) is 5.45. The Morgan fingerprint density at radius 1 is 1.33 bits per heavy atom. The highest BCUT2D eigenvalue weighted by Gasteiger charge is 1.92. The molecule has 6 heteroatoms. The molecule has 0 radical (unpaired) electrons. The van der Waals surface area contributed by atoms with Crippen LogP contribution in [-0.2, 0) is 0 Å². The normalized spacial score (nSPS) is 8.33. The van der Waals surface area contributed by atoms with E-state index in [4.69, 9.17) is 15.1 Å². The van der Waals surface area contributed by atoms with Crippen LogP contribution in [0, 0.1) is 0 Å². The highest BCUT2D eigenvalue weighted by molar-refractivity contribution is 6.30. The Hall–Kier alpha value is -0.165. The van der Waals surface area contributed by atoms with E-state index >= 15 is 0 Å². The van der Waals surface area contributed by atoms with Gasteiger partial charge in [0, 0.05) is 0 Å². The van der Waals surface area contributed by atoms with Crippen molar-refractivity contribution in [3.05, 3.63) is 0 Å². The Labute approximate surface area is 53.7 Å². The van der Waals surface area contributed by atoms with E-state index in [0.29, 0.717) is 0 Å². The predicted octanol–water partition coefficient (Wildman–Crippen LogP) is -1.58. The Kier molecular flexibility index (Phi) is 10.1. The van der Waals surface area contributed by atoms with Crippen molar-refractivity contribution in [3.8, 4) is 0 Å². The van der Waals surface area contributed by atoms with E-state index in [2.05, 4.69) is 0 Å². The molecular weight excluding hydrogens is 128 g/mol. The third-order valence-electron chi connectivity index (χ3n) is 0.239. The monoisotopic (exact) mass is 139 g/mol. The third kappa shape index (κ3) is 79.2. The van der Waals surface area contributed by atoms with Gasteiger partial charge in [-0.25, -0.2) is 4.39 Å². The number of halogens is 1. The lowest BCUT2D eigenvalue weighted by Gasteiger charge is -1.96. The van der Waals surface area contributed by atoms with Gasteiger partial charge in [-0.2, -0.15) is 0 Å². The van der Waals surface area contributed by atoms with Crippen LogP contribution >= 0.6 is 0 Å². The average Bonchev–Trinajstić information content (AvgIpc) is 1.65. The standard InChI is InChI=1S/C3H8FN.BH3O3/c1-5(2)3-4;2-1(3)4/h3H2,1-2H3;2-4H. The van der Waals surface area contributed by atoms with Crippen molar-refractivity contribution < 1.29 is 19.5 Å². The largest absolute Gasteiger partial charge is 0.631 e. The highest BCUT2D eigenvalue weighted by Crippen LogP contribution is 1.68. The maximum absolute atomic E-state index is 11.0. The SMILES string of the molecule is CN(C)CF.OB(O)O. The van der Waals surface area contributed by atoms with Crippen molar-refractivity contribution in [3.63, 3.8) is 0 Å². The summed E-state index contributed by atoms with van der Waals surface area (Å²) in [6.07, 6.45) is 0. The molecular formula is C3H11BFNO3. The molecule has 0 bridgehead atoms. The molecule has 0 saturated heterocycles. The molecule has 0 aliphatic rings. The number of rotatable bonds is 1. The minimum absolute atomic E-state index is 0.361. The number of hydrogen-bond donors (Lipinski definition) is 3. The van der Waals surface area contributed by atoms with Gasteiger partial charge in [-0.05, 0) is 14.1 Å².